The average Bonchev–Trinajstić information content (AvgIpc) is 1.87. The fourth-order valence-electron chi connectivity index (χ4n) is 0.196. The molecule has 0 saturated heterocycles. The molecule has 0 aliphatic carbocycles. The van der Waals surface area contributed by atoms with Crippen LogP contribution in [-0.2, 0) is 14.3 Å². The highest BCUT2D eigenvalue weighted by Gasteiger charge is 2.01. The van der Waals surface area contributed by atoms with Crippen LogP contribution in [0.2, 0.25) is 0 Å². The van der Waals surface area contributed by atoms with Gasteiger partial charge in [0.05, 0.1) is 6.54 Å². The molecule has 0 amide bonds. The molecule has 0 unspecified atom stereocenters. The fraction of sp³-hybridized carbons (Fsp3) is 0.200. The van der Waals surface area contributed by atoms with E-state index in [9.17, 15) is 9.59 Å². The third kappa shape index (κ3) is 3.42. The van der Waals surface area contributed by atoms with Crippen molar-refractivity contribution in [1.29, 1.82) is 0 Å². The maximum Gasteiger partial charge on any atom is 0.337 e. The summed E-state index contributed by atoms with van der Waals surface area (Å²) < 4.78 is 4.03. The molecule has 0 aromatic rings. The smallest absolute Gasteiger partial charge is 0.337 e. The van der Waals surface area contributed by atoms with E-state index in [0.29, 0.717) is 0 Å². The van der Waals surface area contributed by atoms with Crippen molar-refractivity contribution in [3.63, 3.8) is 0 Å². The number of nitrogens with two attached hydrogens (primary N) is 1. The van der Waals surface area contributed by atoms with Crippen LogP contribution >= 0.6 is 0 Å². The van der Waals surface area contributed by atoms with Crippen molar-refractivity contribution >= 4 is 11.9 Å². The first kappa shape index (κ1) is 7.84. The van der Waals surface area contributed by atoms with E-state index >= 15 is 0 Å². The van der Waals surface area contributed by atoms with Crippen molar-refractivity contribution in [2.45, 2.75) is 0 Å². The van der Waals surface area contributed by atoms with Gasteiger partial charge in [-0.15, -0.1) is 0 Å². The molecule has 0 radical (unpaired) electrons. The van der Waals surface area contributed by atoms with Gasteiger partial charge in [-0.05, 0) is 0 Å². The molecule has 0 atom stereocenters. The van der Waals surface area contributed by atoms with Crippen LogP contribution in [0, 0.1) is 0 Å². The predicted octanol–water partition coefficient (Wildman–Crippen LogP) is -0.799. The molecule has 0 saturated carbocycles. The molecular weight excluding hydrogens is 122 g/mol. The predicted molar refractivity (Wildman–Crippen MR) is 30.4 cm³/mol. The maximum atomic E-state index is 10.2. The lowest BCUT2D eigenvalue weighted by Gasteiger charge is -1.93. The average molecular weight is 129 g/mol. The van der Waals surface area contributed by atoms with Gasteiger partial charge < -0.3 is 10.5 Å². The summed E-state index contributed by atoms with van der Waals surface area (Å²) in [4.78, 5) is 20.3. The Labute approximate surface area is 52.3 Å². The lowest BCUT2D eigenvalue weighted by molar-refractivity contribution is -0.155. The Balaban J connectivity index is 3.59. The summed E-state index contributed by atoms with van der Waals surface area (Å²) in [5.41, 5.74) is 4.81. The molecule has 9 heavy (non-hydrogen) atoms. The van der Waals surface area contributed by atoms with Gasteiger partial charge in [-0.1, -0.05) is 6.58 Å². The van der Waals surface area contributed by atoms with E-state index in [1.807, 2.05) is 0 Å². The Morgan fingerprint density at radius 2 is 2.22 bits per heavy atom. The summed E-state index contributed by atoms with van der Waals surface area (Å²) in [5, 5.41) is 0. The number of carbonyl (C=O) groups excluding carboxylic acids is 2. The quantitative estimate of drug-likeness (QED) is 0.301. The summed E-state index contributed by atoms with van der Waals surface area (Å²) in [7, 11) is 0. The standard InChI is InChI=1S/C5H7NO3/c1-2-4(7)9-5(8)3-6/h2H,1,3,6H2. The molecule has 0 aliphatic heterocycles. The van der Waals surface area contributed by atoms with Gasteiger partial charge in [0.2, 0.25) is 0 Å². The van der Waals surface area contributed by atoms with E-state index in [-0.39, 0.29) is 6.54 Å². The summed E-state index contributed by atoms with van der Waals surface area (Å²) in [6, 6.07) is 0. The Bertz CT molecular complexity index is 141. The molecule has 0 bridgehead atoms. The Hall–Kier alpha value is -1.16. The van der Waals surface area contributed by atoms with Crippen LogP contribution in [-0.4, -0.2) is 18.5 Å². The molecule has 4 nitrogen and oxygen atoms in total. The van der Waals surface area contributed by atoms with Gasteiger partial charge in [0.25, 0.3) is 0 Å². The Morgan fingerprint density at radius 3 is 2.56 bits per heavy atom. The van der Waals surface area contributed by atoms with E-state index < -0.39 is 11.9 Å². The van der Waals surface area contributed by atoms with Crippen molar-refractivity contribution in [2.75, 3.05) is 6.54 Å². The minimum atomic E-state index is -0.773. The monoisotopic (exact) mass is 129 g/mol. The van der Waals surface area contributed by atoms with Crippen LogP contribution in [0.4, 0.5) is 0 Å². The highest BCUT2D eigenvalue weighted by Crippen LogP contribution is 1.77. The van der Waals surface area contributed by atoms with Gasteiger partial charge >= 0.3 is 11.9 Å². The minimum absolute atomic E-state index is 0.292. The number of carbonyl (C=O) groups is 2. The number of hydrogen-bond acceptors (Lipinski definition) is 4. The van der Waals surface area contributed by atoms with E-state index in [4.69, 9.17) is 5.73 Å². The maximum absolute atomic E-state index is 10.2. The molecule has 0 aliphatic rings. The molecule has 0 aromatic carbocycles. The van der Waals surface area contributed by atoms with Crippen LogP contribution < -0.4 is 5.73 Å². The molecule has 4 heteroatoms. The zero-order valence-corrected chi connectivity index (χ0v) is 4.79. The van der Waals surface area contributed by atoms with Crippen LogP contribution in [0.15, 0.2) is 12.7 Å². The number of rotatable bonds is 2. The lowest BCUT2D eigenvalue weighted by Crippen LogP contribution is -2.19. The molecule has 0 fully saturated rings. The van der Waals surface area contributed by atoms with Gasteiger partial charge in [0, 0.05) is 6.08 Å². The van der Waals surface area contributed by atoms with E-state index in [0.717, 1.165) is 6.08 Å². The second-order valence-corrected chi connectivity index (χ2v) is 1.20. The first-order chi connectivity index (χ1) is 4.20. The van der Waals surface area contributed by atoms with Gasteiger partial charge in [0.1, 0.15) is 0 Å². The molecule has 0 spiro atoms. The van der Waals surface area contributed by atoms with Crippen molar-refractivity contribution in [3.8, 4) is 0 Å². The van der Waals surface area contributed by atoms with Crippen molar-refractivity contribution in [3.05, 3.63) is 12.7 Å². The molecule has 0 aromatic heterocycles. The summed E-state index contributed by atoms with van der Waals surface area (Å²) >= 11 is 0. The first-order valence-corrected chi connectivity index (χ1v) is 2.28. The van der Waals surface area contributed by atoms with Crippen molar-refractivity contribution < 1.29 is 14.3 Å². The zero-order valence-electron chi connectivity index (χ0n) is 4.79. The summed E-state index contributed by atoms with van der Waals surface area (Å²) in [5.74, 6) is -1.52. The Kier molecular flexibility index (Phi) is 3.31. The van der Waals surface area contributed by atoms with E-state index in [2.05, 4.69) is 11.3 Å². The third-order valence-electron chi connectivity index (χ3n) is 0.548. The molecular formula is C5H7NO3. The van der Waals surface area contributed by atoms with E-state index in [1.54, 1.807) is 0 Å². The minimum Gasteiger partial charge on any atom is -0.389 e. The van der Waals surface area contributed by atoms with Crippen LogP contribution in [0.5, 0.6) is 0 Å². The number of hydrogen-bond donors (Lipinski definition) is 1. The number of ether oxygens (including phenoxy) is 1. The fourth-order valence-corrected chi connectivity index (χ4v) is 0.196. The highest BCUT2D eigenvalue weighted by molar-refractivity contribution is 5.92. The molecule has 0 heterocycles. The molecule has 0 rings (SSSR count). The van der Waals surface area contributed by atoms with Crippen LogP contribution in [0.25, 0.3) is 0 Å². The zero-order chi connectivity index (χ0) is 7.28. The summed E-state index contributed by atoms with van der Waals surface area (Å²) in [6.07, 6.45) is 0.896. The Morgan fingerprint density at radius 1 is 1.67 bits per heavy atom. The van der Waals surface area contributed by atoms with Gasteiger partial charge in [-0.3, -0.25) is 4.79 Å². The highest BCUT2D eigenvalue weighted by atomic mass is 16.6. The second kappa shape index (κ2) is 3.80. The van der Waals surface area contributed by atoms with Crippen LogP contribution in [0.1, 0.15) is 0 Å². The number of esters is 2. The molecule has 50 valence electrons. The van der Waals surface area contributed by atoms with Gasteiger partial charge in [-0.25, -0.2) is 4.79 Å². The van der Waals surface area contributed by atoms with Crippen LogP contribution in [0.3, 0.4) is 0 Å². The van der Waals surface area contributed by atoms with Crippen molar-refractivity contribution in [2.24, 2.45) is 5.73 Å². The topological polar surface area (TPSA) is 69.4 Å². The molecule has 2 N–H and O–H groups in total. The van der Waals surface area contributed by atoms with E-state index in [1.165, 1.54) is 0 Å². The third-order valence-corrected chi connectivity index (χ3v) is 0.548. The van der Waals surface area contributed by atoms with Crippen molar-refractivity contribution in [1.82, 2.24) is 0 Å². The summed E-state index contributed by atoms with van der Waals surface area (Å²) in [6.45, 7) is 2.79. The second-order valence-electron chi connectivity index (χ2n) is 1.20. The van der Waals surface area contributed by atoms with Gasteiger partial charge in [0.15, 0.2) is 0 Å². The van der Waals surface area contributed by atoms with Gasteiger partial charge in [-0.2, -0.15) is 0 Å². The first-order valence-electron chi connectivity index (χ1n) is 2.28. The SMILES string of the molecule is C=CC(=O)OC(=O)CN. The lowest BCUT2D eigenvalue weighted by atomic mass is 10.6. The normalized spacial score (nSPS) is 8.11. The largest absolute Gasteiger partial charge is 0.389 e.